The molecule has 0 spiro atoms. The molecule has 1 aliphatic heterocycles. The molecule has 0 atom stereocenters. The van der Waals surface area contributed by atoms with Crippen molar-refractivity contribution in [2.24, 2.45) is 0 Å². The number of aryl methyl sites for hydroxylation is 2. The van der Waals surface area contributed by atoms with Crippen molar-refractivity contribution in [1.82, 2.24) is 0 Å². The topological polar surface area (TPSA) is 38.8 Å². The van der Waals surface area contributed by atoms with Gasteiger partial charge in [0.15, 0.2) is 11.5 Å². The first-order valence-corrected chi connectivity index (χ1v) is 7.31. The Kier molecular flexibility index (Phi) is 3.75. The van der Waals surface area contributed by atoms with E-state index in [-0.39, 0.29) is 5.91 Å². The fourth-order valence-electron chi connectivity index (χ4n) is 2.43. The molecule has 1 aliphatic rings. The molecule has 3 rings (SSSR count). The van der Waals surface area contributed by atoms with Crippen molar-refractivity contribution >= 4 is 11.6 Å². The van der Waals surface area contributed by atoms with Gasteiger partial charge in [0.25, 0.3) is 5.91 Å². The summed E-state index contributed by atoms with van der Waals surface area (Å²) in [5, 5.41) is 0. The Hall–Kier alpha value is -2.49. The quantitative estimate of drug-likeness (QED) is 0.853. The van der Waals surface area contributed by atoms with Crippen molar-refractivity contribution < 1.29 is 14.3 Å². The van der Waals surface area contributed by atoms with E-state index < -0.39 is 0 Å². The van der Waals surface area contributed by atoms with Crippen LogP contribution in [0.15, 0.2) is 36.4 Å². The lowest BCUT2D eigenvalue weighted by atomic mass is 10.1. The summed E-state index contributed by atoms with van der Waals surface area (Å²) in [7, 11) is 1.77. The van der Waals surface area contributed by atoms with Crippen LogP contribution in [0.2, 0.25) is 0 Å². The summed E-state index contributed by atoms with van der Waals surface area (Å²) in [6.45, 7) is 5.14. The van der Waals surface area contributed by atoms with Crippen LogP contribution in [0.5, 0.6) is 11.5 Å². The molecular weight excluding hydrogens is 278 g/mol. The summed E-state index contributed by atoms with van der Waals surface area (Å²) in [5.41, 5.74) is 3.76. The molecule has 0 unspecified atom stereocenters. The number of carbonyl (C=O) groups excluding carboxylic acids is 1. The minimum Gasteiger partial charge on any atom is -0.486 e. The van der Waals surface area contributed by atoms with E-state index in [0.29, 0.717) is 24.5 Å². The first-order chi connectivity index (χ1) is 10.6. The Morgan fingerprint density at radius 2 is 1.68 bits per heavy atom. The van der Waals surface area contributed by atoms with E-state index in [1.807, 2.05) is 50.2 Å². The molecule has 0 aromatic heterocycles. The highest BCUT2D eigenvalue weighted by atomic mass is 16.6. The SMILES string of the molecule is Cc1ccc(C(=O)N(C)c2ccc3c(c2)OCCO3)cc1C. The number of ether oxygens (including phenoxy) is 2. The average Bonchev–Trinajstić information content (AvgIpc) is 2.55. The lowest BCUT2D eigenvalue weighted by molar-refractivity contribution is 0.0992. The fraction of sp³-hybridized carbons (Fsp3) is 0.278. The van der Waals surface area contributed by atoms with Crippen LogP contribution in [0.25, 0.3) is 0 Å². The largest absolute Gasteiger partial charge is 0.486 e. The number of hydrogen-bond donors (Lipinski definition) is 0. The van der Waals surface area contributed by atoms with E-state index in [1.165, 1.54) is 5.56 Å². The molecule has 0 radical (unpaired) electrons. The fourth-order valence-corrected chi connectivity index (χ4v) is 2.43. The van der Waals surface area contributed by atoms with Gasteiger partial charge in [0.05, 0.1) is 0 Å². The van der Waals surface area contributed by atoms with Crippen molar-refractivity contribution in [3.8, 4) is 11.5 Å². The van der Waals surface area contributed by atoms with Crippen LogP contribution < -0.4 is 14.4 Å². The Morgan fingerprint density at radius 3 is 2.41 bits per heavy atom. The zero-order valence-corrected chi connectivity index (χ0v) is 13.1. The van der Waals surface area contributed by atoms with Crippen LogP contribution in [-0.2, 0) is 0 Å². The smallest absolute Gasteiger partial charge is 0.258 e. The van der Waals surface area contributed by atoms with Crippen LogP contribution in [0.4, 0.5) is 5.69 Å². The molecule has 2 aromatic carbocycles. The van der Waals surface area contributed by atoms with Crippen LogP contribution in [0, 0.1) is 13.8 Å². The van der Waals surface area contributed by atoms with Crippen molar-refractivity contribution in [2.45, 2.75) is 13.8 Å². The molecule has 1 heterocycles. The Bertz CT molecular complexity index is 724. The monoisotopic (exact) mass is 297 g/mol. The maximum Gasteiger partial charge on any atom is 0.258 e. The van der Waals surface area contributed by atoms with Gasteiger partial charge in [-0.25, -0.2) is 0 Å². The Balaban J connectivity index is 1.87. The first kappa shape index (κ1) is 14.4. The summed E-state index contributed by atoms with van der Waals surface area (Å²) in [6, 6.07) is 11.3. The third-order valence-electron chi connectivity index (χ3n) is 3.97. The molecule has 4 heteroatoms. The summed E-state index contributed by atoms with van der Waals surface area (Å²) in [6.07, 6.45) is 0. The van der Waals surface area contributed by atoms with E-state index in [1.54, 1.807) is 11.9 Å². The molecule has 0 saturated heterocycles. The van der Waals surface area contributed by atoms with Crippen molar-refractivity contribution in [3.05, 3.63) is 53.1 Å². The second-order valence-corrected chi connectivity index (χ2v) is 5.49. The second kappa shape index (κ2) is 5.72. The minimum atomic E-state index is -0.0419. The molecular formula is C18H19NO3. The third-order valence-corrected chi connectivity index (χ3v) is 3.97. The predicted molar refractivity (Wildman–Crippen MR) is 86.1 cm³/mol. The van der Waals surface area contributed by atoms with Gasteiger partial charge in [0.1, 0.15) is 13.2 Å². The van der Waals surface area contributed by atoms with Gasteiger partial charge in [-0.05, 0) is 49.2 Å². The van der Waals surface area contributed by atoms with E-state index in [2.05, 4.69) is 0 Å². The van der Waals surface area contributed by atoms with Crippen molar-refractivity contribution in [1.29, 1.82) is 0 Å². The van der Waals surface area contributed by atoms with Gasteiger partial charge in [-0.1, -0.05) is 6.07 Å². The number of hydrogen-bond acceptors (Lipinski definition) is 3. The highest BCUT2D eigenvalue weighted by molar-refractivity contribution is 6.06. The van der Waals surface area contributed by atoms with Crippen molar-refractivity contribution in [3.63, 3.8) is 0 Å². The molecule has 2 aromatic rings. The summed E-state index contributed by atoms with van der Waals surface area (Å²) >= 11 is 0. The normalized spacial score (nSPS) is 12.9. The van der Waals surface area contributed by atoms with E-state index >= 15 is 0 Å². The van der Waals surface area contributed by atoms with Crippen LogP contribution in [0.3, 0.4) is 0 Å². The molecule has 0 aliphatic carbocycles. The molecule has 0 saturated carbocycles. The van der Waals surface area contributed by atoms with Crippen LogP contribution >= 0.6 is 0 Å². The van der Waals surface area contributed by atoms with Gasteiger partial charge in [0.2, 0.25) is 0 Å². The molecule has 1 amide bonds. The maximum absolute atomic E-state index is 12.6. The number of carbonyl (C=O) groups is 1. The molecule has 114 valence electrons. The Labute approximate surface area is 130 Å². The molecule has 22 heavy (non-hydrogen) atoms. The maximum atomic E-state index is 12.6. The lowest BCUT2D eigenvalue weighted by Crippen LogP contribution is -2.26. The predicted octanol–water partition coefficient (Wildman–Crippen LogP) is 3.35. The molecule has 0 N–H and O–H groups in total. The van der Waals surface area contributed by atoms with Crippen LogP contribution in [0.1, 0.15) is 21.5 Å². The number of amides is 1. The zero-order valence-electron chi connectivity index (χ0n) is 13.1. The lowest BCUT2D eigenvalue weighted by Gasteiger charge is -2.22. The number of fused-ring (bicyclic) bond motifs is 1. The number of nitrogens with zero attached hydrogens (tertiary/aromatic N) is 1. The third kappa shape index (κ3) is 2.64. The molecule has 0 fully saturated rings. The molecule has 4 nitrogen and oxygen atoms in total. The van der Waals surface area contributed by atoms with Gasteiger partial charge < -0.3 is 14.4 Å². The first-order valence-electron chi connectivity index (χ1n) is 7.31. The van der Waals surface area contributed by atoms with Gasteiger partial charge >= 0.3 is 0 Å². The van der Waals surface area contributed by atoms with E-state index in [9.17, 15) is 4.79 Å². The minimum absolute atomic E-state index is 0.0419. The van der Waals surface area contributed by atoms with Gasteiger partial charge in [0, 0.05) is 24.4 Å². The van der Waals surface area contributed by atoms with E-state index in [4.69, 9.17) is 9.47 Å². The number of rotatable bonds is 2. The van der Waals surface area contributed by atoms with E-state index in [0.717, 1.165) is 17.0 Å². The number of anilines is 1. The number of benzene rings is 2. The van der Waals surface area contributed by atoms with Gasteiger partial charge in [-0.15, -0.1) is 0 Å². The van der Waals surface area contributed by atoms with Crippen molar-refractivity contribution in [2.75, 3.05) is 25.2 Å². The van der Waals surface area contributed by atoms with Gasteiger partial charge in [-0.3, -0.25) is 4.79 Å². The highest BCUT2D eigenvalue weighted by Gasteiger charge is 2.18. The highest BCUT2D eigenvalue weighted by Crippen LogP contribution is 2.34. The zero-order chi connectivity index (χ0) is 15.7. The average molecular weight is 297 g/mol. The summed E-state index contributed by atoms with van der Waals surface area (Å²) in [4.78, 5) is 14.3. The Morgan fingerprint density at radius 1 is 0.955 bits per heavy atom. The second-order valence-electron chi connectivity index (χ2n) is 5.49. The van der Waals surface area contributed by atoms with Crippen LogP contribution in [-0.4, -0.2) is 26.2 Å². The summed E-state index contributed by atoms with van der Waals surface area (Å²) in [5.74, 6) is 1.37. The standard InChI is InChI=1S/C18H19NO3/c1-12-4-5-14(10-13(12)2)18(20)19(3)15-6-7-16-17(11-15)22-9-8-21-16/h4-7,10-11H,8-9H2,1-3H3. The summed E-state index contributed by atoms with van der Waals surface area (Å²) < 4.78 is 11.1. The van der Waals surface area contributed by atoms with Gasteiger partial charge in [-0.2, -0.15) is 0 Å². The molecule has 0 bridgehead atoms.